The molecule has 25 heavy (non-hydrogen) atoms. The Morgan fingerprint density at radius 1 is 1.16 bits per heavy atom. The molecular weight excluding hydrogens is 386 g/mol. The van der Waals surface area contributed by atoms with Crippen LogP contribution in [0.1, 0.15) is 39.0 Å². The van der Waals surface area contributed by atoms with Crippen LogP contribution in [0.25, 0.3) is 0 Å². The molecule has 2 aliphatic carbocycles. The minimum Gasteiger partial charge on any atom is -0.452 e. The molecule has 1 N–H and O–H groups in total. The zero-order valence-electron chi connectivity index (χ0n) is 14.2. The Bertz CT molecular complexity index is 657. The number of carbonyl (C=O) groups is 3. The second kappa shape index (κ2) is 7.68. The topological polar surface area (TPSA) is 72.5 Å². The molecule has 6 heteroatoms. The number of ketones is 1. The number of fused-ring (bicyclic) bond motifs is 2. The number of halogens is 1. The van der Waals surface area contributed by atoms with E-state index in [0.29, 0.717) is 24.3 Å². The number of benzene rings is 1. The van der Waals surface area contributed by atoms with Gasteiger partial charge in [0.2, 0.25) is 0 Å². The first kappa shape index (κ1) is 18.1. The Balaban J connectivity index is 1.54. The fraction of sp³-hybridized carbons (Fsp3) is 0.526. The van der Waals surface area contributed by atoms with E-state index in [1.165, 1.54) is 0 Å². The van der Waals surface area contributed by atoms with Crippen LogP contribution in [0.15, 0.2) is 28.7 Å². The molecule has 134 valence electrons. The third kappa shape index (κ3) is 4.29. The Morgan fingerprint density at radius 2 is 1.76 bits per heavy atom. The van der Waals surface area contributed by atoms with Crippen molar-refractivity contribution in [1.29, 1.82) is 0 Å². The van der Waals surface area contributed by atoms with Crippen molar-refractivity contribution in [3.8, 4) is 0 Å². The van der Waals surface area contributed by atoms with E-state index in [1.807, 2.05) is 12.1 Å². The van der Waals surface area contributed by atoms with E-state index in [-0.39, 0.29) is 29.6 Å². The van der Waals surface area contributed by atoms with Crippen LogP contribution in [-0.2, 0) is 19.1 Å². The van der Waals surface area contributed by atoms with Gasteiger partial charge in [-0.25, -0.2) is 0 Å². The molecular formula is C19H22BrNO4. The van der Waals surface area contributed by atoms with E-state index in [4.69, 9.17) is 4.74 Å². The summed E-state index contributed by atoms with van der Waals surface area (Å²) in [5.74, 6) is -0.674. The fourth-order valence-electron chi connectivity index (χ4n) is 3.77. The standard InChI is InChI=1S/C19H22BrNO4/c1-11(18(23)21-16-7-5-15(20)6-8-16)25-19(24)14-9-12-3-2-4-13(10-14)17(12)22/h5-8,11-14H,2-4,9-10H2,1H3,(H,21,23)/t11-,12-,13+,14?/m0/s1. The van der Waals surface area contributed by atoms with Crippen molar-refractivity contribution in [3.05, 3.63) is 28.7 Å². The monoisotopic (exact) mass is 407 g/mol. The lowest BCUT2D eigenvalue weighted by Crippen LogP contribution is -2.41. The molecule has 0 heterocycles. The highest BCUT2D eigenvalue weighted by Crippen LogP contribution is 2.40. The van der Waals surface area contributed by atoms with Crippen LogP contribution in [0.2, 0.25) is 0 Å². The molecule has 2 saturated carbocycles. The summed E-state index contributed by atoms with van der Waals surface area (Å²) < 4.78 is 6.30. The summed E-state index contributed by atoms with van der Waals surface area (Å²) in [4.78, 5) is 36.8. The molecule has 5 nitrogen and oxygen atoms in total. The minimum absolute atomic E-state index is 0.00283. The van der Waals surface area contributed by atoms with Crippen LogP contribution in [0.5, 0.6) is 0 Å². The van der Waals surface area contributed by atoms with E-state index in [9.17, 15) is 14.4 Å². The zero-order valence-corrected chi connectivity index (χ0v) is 15.8. The van der Waals surface area contributed by atoms with Crippen molar-refractivity contribution in [2.24, 2.45) is 17.8 Å². The number of anilines is 1. The molecule has 2 aliphatic rings. The summed E-state index contributed by atoms with van der Waals surface area (Å²) in [6.45, 7) is 1.57. The van der Waals surface area contributed by atoms with E-state index in [2.05, 4.69) is 21.2 Å². The highest BCUT2D eigenvalue weighted by Gasteiger charge is 2.42. The van der Waals surface area contributed by atoms with Crippen LogP contribution in [0.3, 0.4) is 0 Å². The molecule has 0 aliphatic heterocycles. The van der Waals surface area contributed by atoms with Gasteiger partial charge in [0, 0.05) is 22.0 Å². The van der Waals surface area contributed by atoms with E-state index < -0.39 is 6.10 Å². The van der Waals surface area contributed by atoms with Crippen molar-refractivity contribution in [3.63, 3.8) is 0 Å². The lowest BCUT2D eigenvalue weighted by atomic mass is 9.67. The second-order valence-electron chi connectivity index (χ2n) is 6.97. The maximum absolute atomic E-state index is 12.4. The molecule has 0 spiro atoms. The summed E-state index contributed by atoms with van der Waals surface area (Å²) in [6.07, 6.45) is 3.07. The van der Waals surface area contributed by atoms with Crippen LogP contribution in [-0.4, -0.2) is 23.8 Å². The number of amides is 1. The maximum Gasteiger partial charge on any atom is 0.309 e. The van der Waals surface area contributed by atoms with Crippen molar-refractivity contribution in [1.82, 2.24) is 0 Å². The average Bonchev–Trinajstić information content (AvgIpc) is 2.56. The molecule has 1 aromatic carbocycles. The number of esters is 1. The highest BCUT2D eigenvalue weighted by atomic mass is 79.9. The minimum atomic E-state index is -0.867. The van der Waals surface area contributed by atoms with Gasteiger partial charge in [0.15, 0.2) is 6.10 Å². The first-order valence-electron chi connectivity index (χ1n) is 8.74. The molecule has 2 fully saturated rings. The lowest BCUT2D eigenvalue weighted by Gasteiger charge is -2.36. The Morgan fingerprint density at radius 3 is 2.36 bits per heavy atom. The summed E-state index contributed by atoms with van der Waals surface area (Å²) in [5.41, 5.74) is 0.647. The van der Waals surface area contributed by atoms with E-state index in [0.717, 1.165) is 23.7 Å². The summed E-state index contributed by atoms with van der Waals surface area (Å²) in [6, 6.07) is 7.18. The maximum atomic E-state index is 12.4. The molecule has 0 radical (unpaired) electrons. The molecule has 0 aromatic heterocycles. The van der Waals surface area contributed by atoms with Gasteiger partial charge in [-0.2, -0.15) is 0 Å². The van der Waals surface area contributed by atoms with Gasteiger partial charge in [-0.05, 0) is 56.9 Å². The first-order valence-corrected chi connectivity index (χ1v) is 9.54. The van der Waals surface area contributed by atoms with Crippen LogP contribution < -0.4 is 5.32 Å². The quantitative estimate of drug-likeness (QED) is 0.771. The SMILES string of the molecule is C[C@H](OC(=O)C1C[C@H]2CCC[C@@H](C1)C2=O)C(=O)Nc1ccc(Br)cc1. The van der Waals surface area contributed by atoms with Crippen molar-refractivity contribution in [2.45, 2.75) is 45.1 Å². The van der Waals surface area contributed by atoms with Crippen LogP contribution >= 0.6 is 15.9 Å². The van der Waals surface area contributed by atoms with Gasteiger partial charge in [0.25, 0.3) is 5.91 Å². The smallest absolute Gasteiger partial charge is 0.309 e. The number of hydrogen-bond donors (Lipinski definition) is 1. The predicted molar refractivity (Wildman–Crippen MR) is 96.9 cm³/mol. The van der Waals surface area contributed by atoms with Gasteiger partial charge < -0.3 is 10.1 Å². The number of hydrogen-bond acceptors (Lipinski definition) is 4. The Labute approximate surface area is 155 Å². The summed E-state index contributed by atoms with van der Waals surface area (Å²) in [7, 11) is 0. The molecule has 1 aromatic rings. The normalized spacial score (nSPS) is 26.6. The van der Waals surface area contributed by atoms with Gasteiger partial charge in [0.1, 0.15) is 5.78 Å². The fourth-order valence-corrected chi connectivity index (χ4v) is 4.04. The number of Topliss-reactive ketones (excluding diaryl/α,β-unsaturated/α-hetero) is 1. The van der Waals surface area contributed by atoms with Gasteiger partial charge in [-0.3, -0.25) is 14.4 Å². The largest absolute Gasteiger partial charge is 0.452 e. The lowest BCUT2D eigenvalue weighted by molar-refractivity contribution is -0.161. The number of carbonyl (C=O) groups excluding carboxylic acids is 3. The molecule has 4 atom stereocenters. The van der Waals surface area contributed by atoms with E-state index in [1.54, 1.807) is 19.1 Å². The third-order valence-electron chi connectivity index (χ3n) is 5.16. The van der Waals surface area contributed by atoms with Crippen molar-refractivity contribution >= 4 is 39.3 Å². The first-order chi connectivity index (χ1) is 11.9. The molecule has 2 bridgehead atoms. The van der Waals surface area contributed by atoms with Crippen LogP contribution in [0.4, 0.5) is 5.69 Å². The average molecular weight is 408 g/mol. The number of ether oxygens (including phenoxy) is 1. The second-order valence-corrected chi connectivity index (χ2v) is 7.89. The van der Waals surface area contributed by atoms with Crippen molar-refractivity contribution in [2.75, 3.05) is 5.32 Å². The predicted octanol–water partition coefficient (Wildman–Crippen LogP) is 3.71. The summed E-state index contributed by atoms with van der Waals surface area (Å²) >= 11 is 3.34. The molecule has 0 saturated heterocycles. The van der Waals surface area contributed by atoms with Crippen molar-refractivity contribution < 1.29 is 19.1 Å². The summed E-state index contributed by atoms with van der Waals surface area (Å²) in [5, 5.41) is 2.73. The van der Waals surface area contributed by atoms with Gasteiger partial charge >= 0.3 is 5.97 Å². The van der Waals surface area contributed by atoms with Crippen LogP contribution in [0, 0.1) is 17.8 Å². The molecule has 3 rings (SSSR count). The van der Waals surface area contributed by atoms with Gasteiger partial charge in [0.05, 0.1) is 5.92 Å². The van der Waals surface area contributed by atoms with E-state index >= 15 is 0 Å². The number of rotatable bonds is 4. The Hall–Kier alpha value is -1.69. The Kier molecular flexibility index (Phi) is 5.57. The number of nitrogens with one attached hydrogen (secondary N) is 1. The third-order valence-corrected chi connectivity index (χ3v) is 5.68. The van der Waals surface area contributed by atoms with Gasteiger partial charge in [-0.1, -0.05) is 22.4 Å². The molecule has 1 unspecified atom stereocenters. The highest BCUT2D eigenvalue weighted by molar-refractivity contribution is 9.10. The molecule has 1 amide bonds. The zero-order chi connectivity index (χ0) is 18.0. The van der Waals surface area contributed by atoms with Gasteiger partial charge in [-0.15, -0.1) is 0 Å².